The molecule has 0 saturated carbocycles. The van der Waals surface area contributed by atoms with Crippen LogP contribution in [0.5, 0.6) is 0 Å². The minimum atomic E-state index is 0.782. The van der Waals surface area contributed by atoms with E-state index >= 15 is 0 Å². The van der Waals surface area contributed by atoms with Crippen molar-refractivity contribution in [1.29, 1.82) is 0 Å². The van der Waals surface area contributed by atoms with Crippen LogP contribution in [0, 0.1) is 31.3 Å². The number of fused-ring (bicyclic) bond motifs is 1. The molecule has 0 fully saturated rings. The van der Waals surface area contributed by atoms with E-state index in [1.54, 1.807) is 11.3 Å². The number of nitrogens with zero attached hydrogens (tertiary/aromatic N) is 1. The third kappa shape index (κ3) is 4.50. The van der Waals surface area contributed by atoms with E-state index in [2.05, 4.69) is 67.4 Å². The summed E-state index contributed by atoms with van der Waals surface area (Å²) in [5.41, 5.74) is 14.3. The van der Waals surface area contributed by atoms with E-state index in [1.807, 2.05) is 42.5 Å². The van der Waals surface area contributed by atoms with Crippen LogP contribution in [-0.2, 0) is 0 Å². The molecule has 2 nitrogen and oxygen atoms in total. The molecule has 2 N–H and O–H groups in total. The fourth-order valence-corrected chi connectivity index (χ4v) is 4.63. The van der Waals surface area contributed by atoms with Crippen molar-refractivity contribution in [3.05, 3.63) is 80.4 Å². The van der Waals surface area contributed by atoms with E-state index in [0.717, 1.165) is 21.8 Å². The topological polar surface area (TPSA) is 38.9 Å². The monoisotopic (exact) mass is 486 g/mol. The maximum atomic E-state index is 5.66. The van der Waals surface area contributed by atoms with E-state index in [0.29, 0.717) is 0 Å². The predicted molar refractivity (Wildman–Crippen MR) is 128 cm³/mol. The molecule has 4 aromatic rings. The molecule has 1 heterocycles. The van der Waals surface area contributed by atoms with Gasteiger partial charge >= 0.3 is 0 Å². The SMILES string of the molecule is Cc1cc(I)c(C)c(C)c1C.Nc1ccc(-c2nc3ccccc3s2)cc1. The van der Waals surface area contributed by atoms with Gasteiger partial charge in [-0.05, 0) is 115 Å². The van der Waals surface area contributed by atoms with E-state index in [9.17, 15) is 0 Å². The molecule has 0 amide bonds. The van der Waals surface area contributed by atoms with E-state index in [4.69, 9.17) is 5.73 Å². The van der Waals surface area contributed by atoms with Crippen LogP contribution in [0.4, 0.5) is 5.69 Å². The summed E-state index contributed by atoms with van der Waals surface area (Å²) in [5.74, 6) is 0. The van der Waals surface area contributed by atoms with E-state index in [1.165, 1.54) is 30.5 Å². The quantitative estimate of drug-likeness (QED) is 0.231. The van der Waals surface area contributed by atoms with Gasteiger partial charge in [0.15, 0.2) is 0 Å². The second-order valence-electron chi connectivity index (χ2n) is 6.66. The van der Waals surface area contributed by atoms with Gasteiger partial charge in [-0.25, -0.2) is 4.98 Å². The Hall–Kier alpha value is -1.92. The van der Waals surface area contributed by atoms with E-state index < -0.39 is 0 Å². The molecule has 4 rings (SSSR count). The maximum absolute atomic E-state index is 5.66. The number of para-hydroxylation sites is 1. The second-order valence-corrected chi connectivity index (χ2v) is 8.85. The summed E-state index contributed by atoms with van der Waals surface area (Å²) < 4.78 is 2.59. The fraction of sp³-hybridized carbons (Fsp3) is 0.174. The molecule has 0 aliphatic heterocycles. The molecule has 0 atom stereocenters. The molecule has 4 heteroatoms. The summed E-state index contributed by atoms with van der Waals surface area (Å²) >= 11 is 4.10. The van der Waals surface area contributed by atoms with Crippen molar-refractivity contribution >= 4 is 49.8 Å². The number of aromatic nitrogens is 1. The Labute approximate surface area is 178 Å². The summed E-state index contributed by atoms with van der Waals surface area (Å²) in [6.45, 7) is 8.74. The number of nitrogens with two attached hydrogens (primary N) is 1. The number of rotatable bonds is 1. The summed E-state index contributed by atoms with van der Waals surface area (Å²) in [7, 11) is 0. The van der Waals surface area contributed by atoms with E-state index in [-0.39, 0.29) is 0 Å². The smallest absolute Gasteiger partial charge is 0.124 e. The van der Waals surface area contributed by atoms with Gasteiger partial charge in [0, 0.05) is 14.8 Å². The van der Waals surface area contributed by atoms with Gasteiger partial charge in [-0.3, -0.25) is 0 Å². The van der Waals surface area contributed by atoms with Gasteiger partial charge in [0.25, 0.3) is 0 Å². The van der Waals surface area contributed by atoms with Crippen molar-refractivity contribution in [2.75, 3.05) is 5.73 Å². The number of halogens is 1. The Bertz CT molecular complexity index is 1020. The lowest BCUT2D eigenvalue weighted by atomic mass is 10.0. The molecule has 0 aliphatic carbocycles. The first kappa shape index (κ1) is 19.8. The molecular formula is C23H23IN2S. The number of nitrogen functional groups attached to an aromatic ring is 1. The van der Waals surface area contributed by atoms with Crippen molar-refractivity contribution in [1.82, 2.24) is 4.98 Å². The predicted octanol–water partition coefficient (Wildman–Crippen LogP) is 7.07. The number of thiazole rings is 1. The first-order valence-corrected chi connectivity index (χ1v) is 10.7. The molecule has 0 saturated heterocycles. The molecule has 138 valence electrons. The van der Waals surface area contributed by atoms with Gasteiger partial charge < -0.3 is 5.73 Å². The normalized spacial score (nSPS) is 10.6. The van der Waals surface area contributed by atoms with Gasteiger partial charge in [-0.2, -0.15) is 0 Å². The summed E-state index contributed by atoms with van der Waals surface area (Å²) in [6, 6.07) is 18.2. The Balaban J connectivity index is 0.000000168. The molecule has 0 radical (unpaired) electrons. The zero-order chi connectivity index (χ0) is 19.6. The van der Waals surface area contributed by atoms with Crippen molar-refractivity contribution in [3.8, 4) is 10.6 Å². The van der Waals surface area contributed by atoms with Crippen molar-refractivity contribution in [3.63, 3.8) is 0 Å². The van der Waals surface area contributed by atoms with Crippen LogP contribution in [0.25, 0.3) is 20.8 Å². The molecule has 0 spiro atoms. The molecular weight excluding hydrogens is 463 g/mol. The van der Waals surface area contributed by atoms with Crippen LogP contribution < -0.4 is 5.73 Å². The first-order valence-electron chi connectivity index (χ1n) is 8.81. The van der Waals surface area contributed by atoms with Crippen LogP contribution in [0.2, 0.25) is 0 Å². The minimum Gasteiger partial charge on any atom is -0.399 e. The summed E-state index contributed by atoms with van der Waals surface area (Å²) in [4.78, 5) is 4.59. The maximum Gasteiger partial charge on any atom is 0.124 e. The van der Waals surface area contributed by atoms with Crippen molar-refractivity contribution in [2.24, 2.45) is 0 Å². The molecule has 1 aromatic heterocycles. The first-order chi connectivity index (χ1) is 12.9. The van der Waals surface area contributed by atoms with Gasteiger partial charge in [0.2, 0.25) is 0 Å². The standard InChI is InChI=1S/C13H10N2S.C10H13I/c14-10-7-5-9(6-8-10)13-15-11-3-1-2-4-12(11)16-13;1-6-5-10(11)9(4)8(3)7(6)2/h1-8H,14H2;5H,1-4H3. The van der Waals surface area contributed by atoms with Crippen LogP contribution in [0.15, 0.2) is 54.6 Å². The summed E-state index contributed by atoms with van der Waals surface area (Å²) in [5, 5.41) is 1.04. The average molecular weight is 486 g/mol. The number of aryl methyl sites for hydroxylation is 1. The van der Waals surface area contributed by atoms with Crippen molar-refractivity contribution in [2.45, 2.75) is 27.7 Å². The van der Waals surface area contributed by atoms with Crippen LogP contribution >= 0.6 is 33.9 Å². The fourth-order valence-electron chi connectivity index (χ4n) is 2.78. The number of hydrogen-bond donors (Lipinski definition) is 1. The highest BCUT2D eigenvalue weighted by Gasteiger charge is 2.05. The molecule has 3 aromatic carbocycles. The Morgan fingerprint density at radius 2 is 1.52 bits per heavy atom. The van der Waals surface area contributed by atoms with Gasteiger partial charge in [0.05, 0.1) is 10.2 Å². The van der Waals surface area contributed by atoms with Crippen LogP contribution in [0.3, 0.4) is 0 Å². The Morgan fingerprint density at radius 1 is 0.852 bits per heavy atom. The lowest BCUT2D eigenvalue weighted by molar-refractivity contribution is 1.20. The highest BCUT2D eigenvalue weighted by molar-refractivity contribution is 14.1. The highest BCUT2D eigenvalue weighted by atomic mass is 127. The average Bonchev–Trinajstić information content (AvgIpc) is 3.10. The molecule has 0 bridgehead atoms. The third-order valence-electron chi connectivity index (χ3n) is 4.87. The number of benzene rings is 3. The van der Waals surface area contributed by atoms with Crippen LogP contribution in [-0.4, -0.2) is 4.98 Å². The lowest BCUT2D eigenvalue weighted by Gasteiger charge is -2.09. The lowest BCUT2D eigenvalue weighted by Crippen LogP contribution is -1.93. The largest absolute Gasteiger partial charge is 0.399 e. The van der Waals surface area contributed by atoms with Gasteiger partial charge in [-0.15, -0.1) is 11.3 Å². The van der Waals surface area contributed by atoms with Crippen molar-refractivity contribution < 1.29 is 0 Å². The number of hydrogen-bond acceptors (Lipinski definition) is 3. The third-order valence-corrected chi connectivity index (χ3v) is 7.08. The summed E-state index contributed by atoms with van der Waals surface area (Å²) in [6.07, 6.45) is 0. The second kappa shape index (κ2) is 8.40. The molecule has 0 aliphatic rings. The Morgan fingerprint density at radius 3 is 2.19 bits per heavy atom. The highest BCUT2D eigenvalue weighted by Crippen LogP contribution is 2.30. The minimum absolute atomic E-state index is 0.782. The zero-order valence-corrected chi connectivity index (χ0v) is 19.0. The van der Waals surface area contributed by atoms with Gasteiger partial charge in [0.1, 0.15) is 5.01 Å². The number of anilines is 1. The Kier molecular flexibility index (Phi) is 6.17. The van der Waals surface area contributed by atoms with Gasteiger partial charge in [-0.1, -0.05) is 12.1 Å². The molecule has 27 heavy (non-hydrogen) atoms. The molecule has 0 unspecified atom stereocenters. The van der Waals surface area contributed by atoms with Crippen LogP contribution in [0.1, 0.15) is 22.3 Å². The zero-order valence-electron chi connectivity index (χ0n) is 16.0.